The van der Waals surface area contributed by atoms with E-state index in [0.29, 0.717) is 5.92 Å². The third kappa shape index (κ3) is 3.76. The molecule has 20 heavy (non-hydrogen) atoms. The van der Waals surface area contributed by atoms with Gasteiger partial charge in [-0.05, 0) is 36.0 Å². The van der Waals surface area contributed by atoms with Crippen molar-refractivity contribution in [3.63, 3.8) is 0 Å². The molecule has 0 N–H and O–H groups in total. The molecule has 0 spiro atoms. The molecule has 0 radical (unpaired) electrons. The summed E-state index contributed by atoms with van der Waals surface area (Å²) in [7, 11) is 0. The van der Waals surface area contributed by atoms with Gasteiger partial charge in [-0.25, -0.2) is 0 Å². The molecule has 0 atom stereocenters. The van der Waals surface area contributed by atoms with E-state index in [1.807, 2.05) is 0 Å². The Morgan fingerprint density at radius 3 is 2.20 bits per heavy atom. The molecular weight excluding hydrogens is 244 g/mol. The minimum Gasteiger partial charge on any atom is -0.369 e. The van der Waals surface area contributed by atoms with Crippen LogP contribution in [0.4, 0.5) is 5.69 Å². The first-order chi connectivity index (χ1) is 9.47. The van der Waals surface area contributed by atoms with Crippen LogP contribution >= 0.6 is 0 Å². The number of nitrogens with zero attached hydrogens (tertiary/aromatic N) is 2. The summed E-state index contributed by atoms with van der Waals surface area (Å²) in [6.07, 6.45) is 0. The van der Waals surface area contributed by atoms with E-state index < -0.39 is 0 Å². The molecule has 1 aliphatic heterocycles. The quantitative estimate of drug-likeness (QED) is 0.821. The highest BCUT2D eigenvalue weighted by Gasteiger charge is 2.19. The summed E-state index contributed by atoms with van der Waals surface area (Å²) < 4.78 is 0. The molecule has 1 saturated heterocycles. The van der Waals surface area contributed by atoms with Crippen LogP contribution in [0.5, 0.6) is 0 Å². The van der Waals surface area contributed by atoms with Gasteiger partial charge >= 0.3 is 0 Å². The van der Waals surface area contributed by atoms with Crippen molar-refractivity contribution >= 4 is 5.69 Å². The Hall–Kier alpha value is -1.02. The third-order valence-corrected chi connectivity index (χ3v) is 4.24. The van der Waals surface area contributed by atoms with E-state index in [1.165, 1.54) is 36.4 Å². The predicted molar refractivity (Wildman–Crippen MR) is 88.8 cm³/mol. The highest BCUT2D eigenvalue weighted by Crippen LogP contribution is 2.26. The van der Waals surface area contributed by atoms with E-state index in [4.69, 9.17) is 0 Å². The Morgan fingerprint density at radius 2 is 1.65 bits per heavy atom. The van der Waals surface area contributed by atoms with Gasteiger partial charge in [0, 0.05) is 38.4 Å². The second kappa shape index (κ2) is 6.62. The van der Waals surface area contributed by atoms with Gasteiger partial charge in [0.1, 0.15) is 0 Å². The number of rotatable bonds is 4. The molecule has 1 aliphatic rings. The number of benzene rings is 1. The maximum atomic E-state index is 2.60. The zero-order chi connectivity index (χ0) is 14.7. The Kier molecular flexibility index (Phi) is 5.09. The number of anilines is 1. The molecule has 2 rings (SSSR count). The average molecular weight is 274 g/mol. The monoisotopic (exact) mass is 274 g/mol. The van der Waals surface area contributed by atoms with Gasteiger partial charge in [-0.3, -0.25) is 4.90 Å². The molecule has 0 unspecified atom stereocenters. The minimum absolute atomic E-state index is 0.608. The van der Waals surface area contributed by atoms with E-state index in [-0.39, 0.29) is 0 Å². The zero-order valence-electron chi connectivity index (χ0n) is 13.8. The van der Waals surface area contributed by atoms with Crippen LogP contribution in [0.2, 0.25) is 0 Å². The zero-order valence-corrected chi connectivity index (χ0v) is 13.8. The van der Waals surface area contributed by atoms with E-state index in [0.717, 1.165) is 19.0 Å². The summed E-state index contributed by atoms with van der Waals surface area (Å²) >= 11 is 0. The summed E-state index contributed by atoms with van der Waals surface area (Å²) in [5, 5.41) is 0. The van der Waals surface area contributed by atoms with Crippen LogP contribution in [0, 0.1) is 12.8 Å². The molecule has 1 aromatic rings. The smallest absolute Gasteiger partial charge is 0.0399 e. The molecule has 1 aromatic carbocycles. The predicted octanol–water partition coefficient (Wildman–Crippen LogP) is 3.90. The largest absolute Gasteiger partial charge is 0.369 e. The SMILES string of the molecule is Cc1ccc(C(C)C)cc1N1CCN(CC(C)C)CC1. The maximum absolute atomic E-state index is 2.60. The Labute approximate surface area is 124 Å². The van der Waals surface area contributed by atoms with Gasteiger partial charge in [0.05, 0.1) is 0 Å². The highest BCUT2D eigenvalue weighted by molar-refractivity contribution is 5.55. The van der Waals surface area contributed by atoms with Crippen LogP contribution in [0.25, 0.3) is 0 Å². The number of hydrogen-bond acceptors (Lipinski definition) is 2. The van der Waals surface area contributed by atoms with Crippen molar-refractivity contribution in [1.29, 1.82) is 0 Å². The molecule has 1 heterocycles. The Morgan fingerprint density at radius 1 is 1.00 bits per heavy atom. The Bertz CT molecular complexity index is 429. The molecular formula is C18H30N2. The van der Waals surface area contributed by atoms with Gasteiger partial charge in [-0.15, -0.1) is 0 Å². The molecule has 0 saturated carbocycles. The van der Waals surface area contributed by atoms with E-state index in [1.54, 1.807) is 0 Å². The van der Waals surface area contributed by atoms with Gasteiger partial charge in [0.25, 0.3) is 0 Å². The van der Waals surface area contributed by atoms with Crippen molar-refractivity contribution in [2.24, 2.45) is 5.92 Å². The molecule has 0 aliphatic carbocycles. The standard InChI is InChI=1S/C18H30N2/c1-14(2)13-19-8-10-20(11-9-19)18-12-17(15(3)4)7-6-16(18)5/h6-7,12,14-15H,8-11,13H2,1-5H3. The summed E-state index contributed by atoms with van der Waals surface area (Å²) in [6, 6.07) is 6.96. The molecule has 2 heteroatoms. The first-order valence-electron chi connectivity index (χ1n) is 8.05. The Balaban J connectivity index is 2.04. The molecule has 0 aromatic heterocycles. The molecule has 0 bridgehead atoms. The first-order valence-corrected chi connectivity index (χ1v) is 8.05. The van der Waals surface area contributed by atoms with Gasteiger partial charge in [-0.1, -0.05) is 39.8 Å². The molecule has 0 amide bonds. The molecule has 2 nitrogen and oxygen atoms in total. The van der Waals surface area contributed by atoms with Crippen LogP contribution < -0.4 is 4.90 Å². The summed E-state index contributed by atoms with van der Waals surface area (Å²) in [5.74, 6) is 1.38. The van der Waals surface area contributed by atoms with Crippen molar-refractivity contribution < 1.29 is 0 Å². The molecule has 1 fully saturated rings. The van der Waals surface area contributed by atoms with Crippen LogP contribution in [-0.2, 0) is 0 Å². The second-order valence-corrected chi connectivity index (χ2v) is 6.88. The van der Waals surface area contributed by atoms with Crippen LogP contribution in [0.3, 0.4) is 0 Å². The van der Waals surface area contributed by atoms with Crippen molar-refractivity contribution in [3.05, 3.63) is 29.3 Å². The number of aryl methyl sites for hydroxylation is 1. The number of hydrogen-bond donors (Lipinski definition) is 0. The van der Waals surface area contributed by atoms with Gasteiger partial charge in [-0.2, -0.15) is 0 Å². The van der Waals surface area contributed by atoms with Crippen LogP contribution in [0.15, 0.2) is 18.2 Å². The van der Waals surface area contributed by atoms with Gasteiger partial charge in [0.15, 0.2) is 0 Å². The normalized spacial score (nSPS) is 17.2. The summed E-state index contributed by atoms with van der Waals surface area (Å²) in [5.41, 5.74) is 4.31. The van der Waals surface area contributed by atoms with Gasteiger partial charge in [0.2, 0.25) is 0 Å². The van der Waals surface area contributed by atoms with E-state index in [2.05, 4.69) is 62.6 Å². The van der Waals surface area contributed by atoms with Crippen molar-refractivity contribution in [1.82, 2.24) is 4.90 Å². The summed E-state index contributed by atoms with van der Waals surface area (Å²) in [4.78, 5) is 5.17. The lowest BCUT2D eigenvalue weighted by Crippen LogP contribution is -2.47. The fourth-order valence-electron chi connectivity index (χ4n) is 3.01. The van der Waals surface area contributed by atoms with E-state index >= 15 is 0 Å². The lowest BCUT2D eigenvalue weighted by molar-refractivity contribution is 0.231. The molecule has 112 valence electrons. The van der Waals surface area contributed by atoms with Crippen LogP contribution in [-0.4, -0.2) is 37.6 Å². The van der Waals surface area contributed by atoms with Crippen molar-refractivity contribution in [2.75, 3.05) is 37.6 Å². The lowest BCUT2D eigenvalue weighted by atomic mass is 10.00. The fraction of sp³-hybridized carbons (Fsp3) is 0.667. The number of piperazine rings is 1. The topological polar surface area (TPSA) is 6.48 Å². The van der Waals surface area contributed by atoms with E-state index in [9.17, 15) is 0 Å². The maximum Gasteiger partial charge on any atom is 0.0399 e. The average Bonchev–Trinajstić information content (AvgIpc) is 2.39. The highest BCUT2D eigenvalue weighted by atomic mass is 15.3. The van der Waals surface area contributed by atoms with Crippen LogP contribution in [0.1, 0.15) is 44.7 Å². The fourth-order valence-corrected chi connectivity index (χ4v) is 3.01. The third-order valence-electron chi connectivity index (χ3n) is 4.24. The lowest BCUT2D eigenvalue weighted by Gasteiger charge is -2.37. The summed E-state index contributed by atoms with van der Waals surface area (Å²) in [6.45, 7) is 17.4. The minimum atomic E-state index is 0.608. The van der Waals surface area contributed by atoms with Crippen molar-refractivity contribution in [3.8, 4) is 0 Å². The van der Waals surface area contributed by atoms with Gasteiger partial charge < -0.3 is 4.90 Å². The van der Waals surface area contributed by atoms with Crippen molar-refractivity contribution in [2.45, 2.75) is 40.5 Å². The second-order valence-electron chi connectivity index (χ2n) is 6.88. The first kappa shape index (κ1) is 15.4.